The monoisotopic (exact) mass is 175 g/mol. The molecule has 0 spiro atoms. The van der Waals surface area contributed by atoms with E-state index >= 15 is 0 Å². The molecule has 0 aromatic carbocycles. The molecule has 56 valence electrons. The van der Waals surface area contributed by atoms with E-state index in [1.165, 1.54) is 5.57 Å². The van der Waals surface area contributed by atoms with Gasteiger partial charge in [0.1, 0.15) is 0 Å². The van der Waals surface area contributed by atoms with Gasteiger partial charge >= 0.3 is 0 Å². The first-order valence-electron chi connectivity index (χ1n) is 3.40. The van der Waals surface area contributed by atoms with E-state index in [-0.39, 0.29) is 22.8 Å². The Bertz CT molecular complexity index is 168. The van der Waals surface area contributed by atoms with Crippen molar-refractivity contribution >= 4 is 6.21 Å². The van der Waals surface area contributed by atoms with Crippen LogP contribution in [0.1, 0.15) is 27.2 Å². The predicted molar refractivity (Wildman–Crippen MR) is 40.6 cm³/mol. The van der Waals surface area contributed by atoms with Gasteiger partial charge in [-0.15, -0.1) is 0 Å². The Labute approximate surface area is 73.4 Å². The average molecular weight is 175 g/mol. The predicted octanol–water partition coefficient (Wildman–Crippen LogP) is 2.39. The molecule has 0 bridgehead atoms. The van der Waals surface area contributed by atoms with Gasteiger partial charge in [0.05, 0.1) is 0 Å². The minimum atomic E-state index is 0. The number of hydrogen-bond donors (Lipinski definition) is 0. The van der Waals surface area contributed by atoms with Crippen LogP contribution in [0.15, 0.2) is 16.8 Å². The minimum absolute atomic E-state index is 0. The third-order valence-electron chi connectivity index (χ3n) is 1.84. The molecule has 0 radical (unpaired) electrons. The summed E-state index contributed by atoms with van der Waals surface area (Å²) in [5.74, 6) is 0. The Kier molecular flexibility index (Phi) is 3.35. The molecule has 0 N–H and O–H groups in total. The van der Waals surface area contributed by atoms with Crippen LogP contribution in [0, 0.1) is 5.41 Å². The van der Waals surface area contributed by atoms with Crippen LogP contribution in [-0.2, 0) is 17.4 Å². The Morgan fingerprint density at radius 2 is 2.10 bits per heavy atom. The second kappa shape index (κ2) is 3.37. The molecule has 0 atom stereocenters. The van der Waals surface area contributed by atoms with Crippen molar-refractivity contribution in [1.29, 1.82) is 0 Å². The summed E-state index contributed by atoms with van der Waals surface area (Å²) in [5, 5.41) is 0. The summed E-state index contributed by atoms with van der Waals surface area (Å²) in [6, 6.07) is 0. The summed E-state index contributed by atoms with van der Waals surface area (Å²) < 4.78 is 0. The Morgan fingerprint density at radius 1 is 1.50 bits per heavy atom. The Hall–Kier alpha value is -0.0575. The first-order chi connectivity index (χ1) is 4.17. The van der Waals surface area contributed by atoms with Crippen molar-refractivity contribution in [3.63, 3.8) is 0 Å². The second-order valence-electron chi connectivity index (χ2n) is 3.01. The first kappa shape index (κ1) is 9.94. The average Bonchev–Trinajstić information content (AvgIpc) is 2.08. The molecular weight excluding hydrogens is 162 g/mol. The van der Waals surface area contributed by atoms with Crippen molar-refractivity contribution < 1.29 is 17.4 Å². The van der Waals surface area contributed by atoms with Gasteiger partial charge in [0.15, 0.2) is 0 Å². The minimum Gasteiger partial charge on any atom is -0.268 e. The van der Waals surface area contributed by atoms with Crippen LogP contribution in [0.2, 0.25) is 0 Å². The van der Waals surface area contributed by atoms with E-state index in [0.717, 1.165) is 6.42 Å². The number of nitrogens with zero attached hydrogens (tertiary/aromatic N) is 1. The fourth-order valence-corrected chi connectivity index (χ4v) is 1.11. The van der Waals surface area contributed by atoms with Gasteiger partial charge in [-0.05, 0) is 12.0 Å². The number of aliphatic imine (C=N–C) groups is 1. The molecule has 0 amide bonds. The second-order valence-corrected chi connectivity index (χ2v) is 3.01. The van der Waals surface area contributed by atoms with Crippen molar-refractivity contribution in [2.24, 2.45) is 10.4 Å². The molecule has 0 unspecified atom stereocenters. The molecule has 0 aromatic heterocycles. The third-order valence-corrected chi connectivity index (χ3v) is 1.84. The maximum atomic E-state index is 4.10. The van der Waals surface area contributed by atoms with Gasteiger partial charge in [0, 0.05) is 35.2 Å². The zero-order valence-corrected chi connectivity index (χ0v) is 7.99. The van der Waals surface area contributed by atoms with Crippen LogP contribution in [0.25, 0.3) is 0 Å². The molecule has 1 aliphatic heterocycles. The molecule has 2 heteroatoms. The summed E-state index contributed by atoms with van der Waals surface area (Å²) in [4.78, 5) is 4.10. The molecule has 0 saturated carbocycles. The molecule has 0 fully saturated rings. The molecule has 0 aromatic rings. The van der Waals surface area contributed by atoms with Gasteiger partial charge in [0.25, 0.3) is 0 Å². The summed E-state index contributed by atoms with van der Waals surface area (Å²) in [6.45, 7) is 6.56. The van der Waals surface area contributed by atoms with Crippen molar-refractivity contribution in [3.05, 3.63) is 11.8 Å². The maximum absolute atomic E-state index is 4.10. The molecule has 1 aliphatic rings. The molecule has 1 rings (SSSR count). The van der Waals surface area contributed by atoms with Crippen molar-refractivity contribution in [1.82, 2.24) is 0 Å². The fraction of sp³-hybridized carbons (Fsp3) is 0.625. The van der Waals surface area contributed by atoms with Crippen LogP contribution in [0.3, 0.4) is 0 Å². The topological polar surface area (TPSA) is 12.4 Å². The van der Waals surface area contributed by atoms with Crippen LogP contribution >= 0.6 is 0 Å². The standard InChI is InChI=1S/C8H13N.Cr/c1-4-7-5-9-6-8(7,2)3;/h5-6H,4H2,1-3H3;. The molecule has 1 heterocycles. The summed E-state index contributed by atoms with van der Waals surface area (Å²) >= 11 is 0. The van der Waals surface area contributed by atoms with Crippen molar-refractivity contribution in [2.45, 2.75) is 27.2 Å². The normalized spacial score (nSPS) is 20.1. The van der Waals surface area contributed by atoms with E-state index in [9.17, 15) is 0 Å². The van der Waals surface area contributed by atoms with Gasteiger partial charge in [-0.2, -0.15) is 0 Å². The number of hydrogen-bond acceptors (Lipinski definition) is 1. The van der Waals surface area contributed by atoms with E-state index in [2.05, 4.69) is 25.8 Å². The van der Waals surface area contributed by atoms with Gasteiger partial charge in [-0.1, -0.05) is 20.8 Å². The van der Waals surface area contributed by atoms with Crippen molar-refractivity contribution in [2.75, 3.05) is 0 Å². The molecular formula is C8H13CrN. The summed E-state index contributed by atoms with van der Waals surface area (Å²) in [5.41, 5.74) is 1.66. The van der Waals surface area contributed by atoms with Crippen LogP contribution in [-0.4, -0.2) is 6.21 Å². The first-order valence-corrected chi connectivity index (χ1v) is 3.40. The van der Waals surface area contributed by atoms with Crippen LogP contribution in [0.4, 0.5) is 0 Å². The molecule has 0 saturated heterocycles. The zero-order valence-electron chi connectivity index (χ0n) is 6.72. The van der Waals surface area contributed by atoms with E-state index in [4.69, 9.17) is 0 Å². The Morgan fingerprint density at radius 3 is 2.30 bits per heavy atom. The van der Waals surface area contributed by atoms with Crippen molar-refractivity contribution in [3.8, 4) is 0 Å². The van der Waals surface area contributed by atoms with E-state index < -0.39 is 0 Å². The summed E-state index contributed by atoms with van der Waals surface area (Å²) in [6.07, 6.45) is 5.10. The Balaban J connectivity index is 0.000000810. The fourth-order valence-electron chi connectivity index (χ4n) is 1.11. The van der Waals surface area contributed by atoms with E-state index in [1.807, 2.05) is 12.4 Å². The van der Waals surface area contributed by atoms with E-state index in [1.54, 1.807) is 0 Å². The molecule has 0 aliphatic carbocycles. The number of allylic oxidation sites excluding steroid dienone is 1. The molecule has 1 nitrogen and oxygen atoms in total. The van der Waals surface area contributed by atoms with Gasteiger partial charge in [-0.25, -0.2) is 0 Å². The molecule has 10 heavy (non-hydrogen) atoms. The maximum Gasteiger partial charge on any atom is 0.0265 e. The van der Waals surface area contributed by atoms with Gasteiger partial charge in [0.2, 0.25) is 0 Å². The van der Waals surface area contributed by atoms with Crippen LogP contribution in [0.5, 0.6) is 0 Å². The van der Waals surface area contributed by atoms with Gasteiger partial charge in [-0.3, -0.25) is 4.99 Å². The van der Waals surface area contributed by atoms with Crippen LogP contribution < -0.4 is 0 Å². The van der Waals surface area contributed by atoms with E-state index in [0.29, 0.717) is 0 Å². The smallest absolute Gasteiger partial charge is 0.0265 e. The SMILES string of the molecule is CCC1=CN=CC1(C)C.[Cr]. The zero-order chi connectivity index (χ0) is 6.91. The quantitative estimate of drug-likeness (QED) is 0.580. The number of rotatable bonds is 1. The third kappa shape index (κ3) is 1.71. The summed E-state index contributed by atoms with van der Waals surface area (Å²) in [7, 11) is 0. The largest absolute Gasteiger partial charge is 0.268 e. The van der Waals surface area contributed by atoms with Gasteiger partial charge < -0.3 is 0 Å².